The summed E-state index contributed by atoms with van der Waals surface area (Å²) in [6.07, 6.45) is 0.877. The molecule has 0 saturated carbocycles. The molecule has 0 atom stereocenters. The number of rotatable bonds is 5. The summed E-state index contributed by atoms with van der Waals surface area (Å²) in [5.41, 5.74) is 11.2. The van der Waals surface area contributed by atoms with E-state index in [4.69, 9.17) is 9.97 Å². The number of para-hydroxylation sites is 3. The van der Waals surface area contributed by atoms with Gasteiger partial charge in [-0.25, -0.2) is 9.97 Å². The molecule has 8 aromatic rings. The van der Waals surface area contributed by atoms with Crippen molar-refractivity contribution in [1.29, 1.82) is 0 Å². The number of aryl methyl sites for hydroxylation is 1. The molecule has 2 heterocycles. The molecule has 0 bridgehead atoms. The van der Waals surface area contributed by atoms with Crippen molar-refractivity contribution in [2.45, 2.75) is 13.3 Å². The van der Waals surface area contributed by atoms with Crippen LogP contribution < -0.4 is 0 Å². The summed E-state index contributed by atoms with van der Waals surface area (Å²) in [5.74, 6) is 1.07. The van der Waals surface area contributed by atoms with E-state index in [1.54, 1.807) is 0 Å². The lowest BCUT2D eigenvalue weighted by Crippen LogP contribution is -1.99. The molecule has 0 amide bonds. The molecule has 43 heavy (non-hydrogen) atoms. The first-order valence-corrected chi connectivity index (χ1v) is 14.8. The van der Waals surface area contributed by atoms with Gasteiger partial charge in [-0.15, -0.1) is 0 Å². The van der Waals surface area contributed by atoms with Crippen molar-refractivity contribution in [2.75, 3.05) is 0 Å². The maximum atomic E-state index is 5.18. The van der Waals surface area contributed by atoms with Gasteiger partial charge in [0.05, 0.1) is 22.2 Å². The molecule has 0 aliphatic carbocycles. The third kappa shape index (κ3) is 4.29. The van der Waals surface area contributed by atoms with Crippen LogP contribution >= 0.6 is 0 Å². The van der Waals surface area contributed by atoms with Gasteiger partial charge in [0.15, 0.2) is 0 Å². The van der Waals surface area contributed by atoms with Gasteiger partial charge in [0, 0.05) is 33.8 Å². The lowest BCUT2D eigenvalue weighted by Gasteiger charge is -2.14. The van der Waals surface area contributed by atoms with Crippen LogP contribution in [-0.2, 0) is 6.42 Å². The van der Waals surface area contributed by atoms with Crippen molar-refractivity contribution in [1.82, 2.24) is 14.5 Å². The minimum Gasteiger partial charge on any atom is -0.296 e. The van der Waals surface area contributed by atoms with E-state index in [1.165, 1.54) is 33.0 Å². The third-order valence-electron chi connectivity index (χ3n) is 8.37. The molecule has 3 nitrogen and oxygen atoms in total. The van der Waals surface area contributed by atoms with E-state index in [0.29, 0.717) is 0 Å². The van der Waals surface area contributed by atoms with Crippen molar-refractivity contribution in [2.24, 2.45) is 0 Å². The summed E-state index contributed by atoms with van der Waals surface area (Å²) in [4.78, 5) is 10.0. The summed E-state index contributed by atoms with van der Waals surface area (Å²) in [5, 5.41) is 3.58. The monoisotopic (exact) mass is 551 g/mol. The molecule has 6 aromatic carbocycles. The number of nitrogens with zero attached hydrogens (tertiary/aromatic N) is 3. The minimum absolute atomic E-state index is 0.877. The normalized spacial score (nSPS) is 11.5. The molecule has 0 radical (unpaired) electrons. The van der Waals surface area contributed by atoms with Crippen LogP contribution in [0.15, 0.2) is 146 Å². The lowest BCUT2D eigenvalue weighted by molar-refractivity contribution is 0.908. The first-order valence-electron chi connectivity index (χ1n) is 14.8. The van der Waals surface area contributed by atoms with Crippen molar-refractivity contribution in [3.8, 4) is 39.2 Å². The summed E-state index contributed by atoms with van der Waals surface area (Å²) in [6, 6.07) is 51.6. The molecule has 2 aromatic heterocycles. The summed E-state index contributed by atoms with van der Waals surface area (Å²) in [7, 11) is 0. The van der Waals surface area contributed by atoms with Crippen LogP contribution in [0, 0.1) is 0 Å². The smallest absolute Gasteiger partial charge is 0.114 e. The highest BCUT2D eigenvalue weighted by Gasteiger charge is 2.15. The Morgan fingerprint density at radius 3 is 1.88 bits per heavy atom. The van der Waals surface area contributed by atoms with E-state index in [1.807, 2.05) is 6.07 Å². The maximum absolute atomic E-state index is 5.18. The summed E-state index contributed by atoms with van der Waals surface area (Å²) >= 11 is 0. The SMILES string of the molecule is CCc1nc2ccccc2n1-c1ccc(-c2ccc(-c3nc4ccccc4c4c(-c5ccccc5)cccc34)cc2)cc1. The predicted molar refractivity (Wildman–Crippen MR) is 180 cm³/mol. The van der Waals surface area contributed by atoms with Crippen LogP contribution in [0.5, 0.6) is 0 Å². The second-order valence-corrected chi connectivity index (χ2v) is 10.9. The Morgan fingerprint density at radius 1 is 0.488 bits per heavy atom. The van der Waals surface area contributed by atoms with Gasteiger partial charge in [0.1, 0.15) is 5.82 Å². The van der Waals surface area contributed by atoms with Gasteiger partial charge in [-0.2, -0.15) is 0 Å². The van der Waals surface area contributed by atoms with E-state index in [0.717, 1.165) is 51.1 Å². The summed E-state index contributed by atoms with van der Waals surface area (Å²) in [6.45, 7) is 2.16. The number of hydrogen-bond donors (Lipinski definition) is 0. The zero-order valence-corrected chi connectivity index (χ0v) is 23.9. The Hall–Kier alpha value is -5.54. The van der Waals surface area contributed by atoms with Gasteiger partial charge in [0.25, 0.3) is 0 Å². The van der Waals surface area contributed by atoms with Gasteiger partial charge in [0.2, 0.25) is 0 Å². The van der Waals surface area contributed by atoms with Crippen LogP contribution in [0.3, 0.4) is 0 Å². The Balaban J connectivity index is 1.20. The molecule has 0 spiro atoms. The van der Waals surface area contributed by atoms with E-state index in [2.05, 4.69) is 151 Å². The maximum Gasteiger partial charge on any atom is 0.114 e. The Labute approximate surface area is 250 Å². The van der Waals surface area contributed by atoms with Gasteiger partial charge < -0.3 is 0 Å². The van der Waals surface area contributed by atoms with E-state index in [-0.39, 0.29) is 0 Å². The Bertz CT molecular complexity index is 2240. The van der Waals surface area contributed by atoms with Gasteiger partial charge >= 0.3 is 0 Å². The molecule has 0 aliphatic heterocycles. The topological polar surface area (TPSA) is 30.7 Å². The average molecular weight is 552 g/mol. The standard InChI is InChI=1S/C40H29N3/c1-2-38-41-36-17-8-9-18-37(36)43(38)31-25-23-28(24-26-31)27-19-21-30(22-20-27)40-34-15-10-14-32(29-11-4-3-5-12-29)39(34)33-13-6-7-16-35(33)42-40/h3-26H,2H2,1H3. The highest BCUT2D eigenvalue weighted by atomic mass is 15.1. The molecular weight excluding hydrogens is 522 g/mol. The fourth-order valence-corrected chi connectivity index (χ4v) is 6.31. The van der Waals surface area contributed by atoms with Crippen LogP contribution in [0.2, 0.25) is 0 Å². The van der Waals surface area contributed by atoms with Gasteiger partial charge in [-0.05, 0) is 52.6 Å². The van der Waals surface area contributed by atoms with Gasteiger partial charge in [-0.1, -0.05) is 122 Å². The van der Waals surface area contributed by atoms with Gasteiger partial charge in [-0.3, -0.25) is 4.57 Å². The van der Waals surface area contributed by atoms with Crippen molar-refractivity contribution < 1.29 is 0 Å². The van der Waals surface area contributed by atoms with Crippen LogP contribution in [-0.4, -0.2) is 14.5 Å². The first-order chi connectivity index (χ1) is 21.3. The zero-order valence-electron chi connectivity index (χ0n) is 23.9. The largest absolute Gasteiger partial charge is 0.296 e. The minimum atomic E-state index is 0.877. The molecule has 8 rings (SSSR count). The van der Waals surface area contributed by atoms with E-state index in [9.17, 15) is 0 Å². The number of pyridine rings is 1. The molecule has 0 N–H and O–H groups in total. The highest BCUT2D eigenvalue weighted by molar-refractivity contribution is 6.17. The molecule has 204 valence electrons. The molecule has 0 unspecified atom stereocenters. The number of benzene rings is 6. The molecule has 3 heteroatoms. The van der Waals surface area contributed by atoms with Crippen LogP contribution in [0.1, 0.15) is 12.7 Å². The molecule has 0 aliphatic rings. The molecule has 0 fully saturated rings. The Kier molecular flexibility index (Phi) is 6.08. The fraction of sp³-hybridized carbons (Fsp3) is 0.0500. The fourth-order valence-electron chi connectivity index (χ4n) is 6.31. The predicted octanol–water partition coefficient (Wildman–Crippen LogP) is 10.3. The quantitative estimate of drug-likeness (QED) is 0.199. The molecule has 0 saturated heterocycles. The Morgan fingerprint density at radius 2 is 1.12 bits per heavy atom. The highest BCUT2D eigenvalue weighted by Crippen LogP contribution is 2.39. The van der Waals surface area contributed by atoms with Crippen molar-refractivity contribution >= 4 is 32.7 Å². The van der Waals surface area contributed by atoms with Crippen LogP contribution in [0.25, 0.3) is 71.9 Å². The van der Waals surface area contributed by atoms with E-state index < -0.39 is 0 Å². The van der Waals surface area contributed by atoms with Crippen molar-refractivity contribution in [3.63, 3.8) is 0 Å². The molecular formula is C40H29N3. The number of aromatic nitrogens is 3. The number of hydrogen-bond acceptors (Lipinski definition) is 2. The second kappa shape index (κ2) is 10.4. The third-order valence-corrected chi connectivity index (χ3v) is 8.37. The number of imidazole rings is 1. The lowest BCUT2D eigenvalue weighted by atomic mass is 9.92. The zero-order chi connectivity index (χ0) is 28.8. The summed E-state index contributed by atoms with van der Waals surface area (Å²) < 4.78 is 2.27. The second-order valence-electron chi connectivity index (χ2n) is 10.9. The van der Waals surface area contributed by atoms with Crippen molar-refractivity contribution in [3.05, 3.63) is 151 Å². The average Bonchev–Trinajstić information content (AvgIpc) is 3.47. The number of fused-ring (bicyclic) bond motifs is 4. The van der Waals surface area contributed by atoms with E-state index >= 15 is 0 Å². The first kappa shape index (κ1) is 25.2. The van der Waals surface area contributed by atoms with Crippen LogP contribution in [0.4, 0.5) is 0 Å².